The highest BCUT2D eigenvalue weighted by molar-refractivity contribution is 5.90. The molecule has 136 valence electrons. The van der Waals surface area contributed by atoms with Gasteiger partial charge in [-0.05, 0) is 57.0 Å². The van der Waals surface area contributed by atoms with Crippen molar-refractivity contribution in [1.82, 2.24) is 19.7 Å². The summed E-state index contributed by atoms with van der Waals surface area (Å²) in [5, 5.41) is 5.58. The van der Waals surface area contributed by atoms with Gasteiger partial charge in [0.1, 0.15) is 12.1 Å². The largest absolute Gasteiger partial charge is 0.326 e. The van der Waals surface area contributed by atoms with Gasteiger partial charge in [0.2, 0.25) is 0 Å². The summed E-state index contributed by atoms with van der Waals surface area (Å²) in [6.07, 6.45) is 3.49. The van der Waals surface area contributed by atoms with Crippen molar-refractivity contribution in [2.45, 2.75) is 27.7 Å². The molecule has 0 saturated carbocycles. The number of benzene rings is 2. The Balaban J connectivity index is 1.87. The average molecular weight is 357 g/mol. The van der Waals surface area contributed by atoms with Crippen molar-refractivity contribution >= 4 is 22.5 Å². The number of rotatable bonds is 4. The number of fused-ring (bicyclic) bond motifs is 1. The topological polar surface area (TPSA) is 46.8 Å². The van der Waals surface area contributed by atoms with Crippen molar-refractivity contribution in [1.29, 1.82) is 0 Å². The number of anilines is 2. The summed E-state index contributed by atoms with van der Waals surface area (Å²) in [5.41, 5.74) is 6.61. The molecule has 2 heterocycles. The van der Waals surface area contributed by atoms with E-state index in [0.29, 0.717) is 0 Å². The van der Waals surface area contributed by atoms with Crippen LogP contribution in [0.5, 0.6) is 0 Å². The van der Waals surface area contributed by atoms with Crippen LogP contribution in [0.1, 0.15) is 23.6 Å². The third-order valence-corrected chi connectivity index (χ3v) is 4.81. The molecule has 0 spiro atoms. The number of aryl methyl sites for hydroxylation is 3. The first-order valence-corrected chi connectivity index (χ1v) is 9.19. The molecule has 4 rings (SSSR count). The van der Waals surface area contributed by atoms with Crippen LogP contribution in [0.25, 0.3) is 16.7 Å². The van der Waals surface area contributed by atoms with Crippen LogP contribution in [-0.2, 0) is 0 Å². The summed E-state index contributed by atoms with van der Waals surface area (Å²) in [6, 6.07) is 14.8. The molecule has 0 aliphatic rings. The van der Waals surface area contributed by atoms with Crippen LogP contribution in [0.2, 0.25) is 0 Å². The minimum Gasteiger partial charge on any atom is -0.326 e. The zero-order valence-corrected chi connectivity index (χ0v) is 16.1. The first kappa shape index (κ1) is 17.2. The lowest BCUT2D eigenvalue weighted by Crippen LogP contribution is -2.18. The molecule has 0 radical (unpaired) electrons. The fraction of sp³-hybridized carbons (Fsp3) is 0.227. The molecule has 0 aliphatic heterocycles. The second kappa shape index (κ2) is 6.83. The second-order valence-corrected chi connectivity index (χ2v) is 6.86. The molecule has 5 heteroatoms. The Morgan fingerprint density at radius 3 is 2.52 bits per heavy atom. The molecule has 0 bridgehead atoms. The Morgan fingerprint density at radius 2 is 1.78 bits per heavy atom. The smallest absolute Gasteiger partial charge is 0.168 e. The number of hydrogen-bond donors (Lipinski definition) is 0. The maximum absolute atomic E-state index is 4.63. The Morgan fingerprint density at radius 1 is 0.963 bits per heavy atom. The van der Waals surface area contributed by atoms with Gasteiger partial charge in [-0.25, -0.2) is 14.6 Å². The van der Waals surface area contributed by atoms with E-state index in [4.69, 9.17) is 0 Å². The molecule has 4 aromatic rings. The summed E-state index contributed by atoms with van der Waals surface area (Å²) in [7, 11) is 0. The van der Waals surface area contributed by atoms with Gasteiger partial charge in [0.25, 0.3) is 0 Å². The van der Waals surface area contributed by atoms with Gasteiger partial charge >= 0.3 is 0 Å². The molecular formula is C22H23N5. The van der Waals surface area contributed by atoms with Gasteiger partial charge in [0.05, 0.1) is 17.3 Å². The van der Waals surface area contributed by atoms with Crippen molar-refractivity contribution in [2.75, 3.05) is 11.4 Å². The van der Waals surface area contributed by atoms with Gasteiger partial charge < -0.3 is 4.90 Å². The Bertz CT molecular complexity index is 1110. The van der Waals surface area contributed by atoms with Crippen molar-refractivity contribution in [3.63, 3.8) is 0 Å². The first-order valence-electron chi connectivity index (χ1n) is 9.19. The number of hydrogen-bond acceptors (Lipinski definition) is 4. The fourth-order valence-corrected chi connectivity index (χ4v) is 3.52. The average Bonchev–Trinajstić information content (AvgIpc) is 3.07. The van der Waals surface area contributed by atoms with Crippen LogP contribution < -0.4 is 4.90 Å². The quantitative estimate of drug-likeness (QED) is 0.521. The van der Waals surface area contributed by atoms with Crippen LogP contribution in [0, 0.1) is 20.8 Å². The monoisotopic (exact) mass is 357 g/mol. The van der Waals surface area contributed by atoms with Crippen molar-refractivity contribution < 1.29 is 0 Å². The molecule has 2 aromatic carbocycles. The zero-order valence-electron chi connectivity index (χ0n) is 16.1. The lowest BCUT2D eigenvalue weighted by molar-refractivity contribution is 0.885. The van der Waals surface area contributed by atoms with Crippen LogP contribution in [0.3, 0.4) is 0 Å². The molecule has 0 fully saturated rings. The van der Waals surface area contributed by atoms with Gasteiger partial charge in [0, 0.05) is 12.2 Å². The van der Waals surface area contributed by atoms with Crippen LogP contribution in [0.4, 0.5) is 11.5 Å². The minimum absolute atomic E-state index is 0.810. The number of aromatic nitrogens is 4. The summed E-state index contributed by atoms with van der Waals surface area (Å²) in [5.74, 6) is 0.879. The molecule has 2 aromatic heterocycles. The van der Waals surface area contributed by atoms with Crippen molar-refractivity contribution in [3.05, 3.63) is 71.7 Å². The SMILES string of the molecule is CCN(c1cccc(C)c1)c1ncnc2c1cnn2-c1ccc(C)cc1C. The molecule has 0 aliphatic carbocycles. The van der Waals surface area contributed by atoms with Gasteiger partial charge in [0.15, 0.2) is 5.65 Å². The Hall–Kier alpha value is -3.21. The van der Waals surface area contributed by atoms with E-state index in [-0.39, 0.29) is 0 Å². The summed E-state index contributed by atoms with van der Waals surface area (Å²) in [6.45, 7) is 9.24. The molecule has 0 atom stereocenters. The Labute approximate surface area is 159 Å². The predicted octanol–water partition coefficient (Wildman–Crippen LogP) is 4.90. The standard InChI is InChI=1S/C22H23N5/c1-5-26(18-8-6-7-15(2)12-18)21-19-13-25-27(22(19)24-14-23-21)20-10-9-16(3)11-17(20)4/h6-14H,5H2,1-4H3. The summed E-state index contributed by atoms with van der Waals surface area (Å²) in [4.78, 5) is 11.3. The predicted molar refractivity (Wildman–Crippen MR) is 110 cm³/mol. The third-order valence-electron chi connectivity index (χ3n) is 4.81. The van der Waals surface area contributed by atoms with E-state index in [1.165, 1.54) is 16.7 Å². The molecule has 5 nitrogen and oxygen atoms in total. The van der Waals surface area contributed by atoms with E-state index >= 15 is 0 Å². The molecular weight excluding hydrogens is 334 g/mol. The zero-order chi connectivity index (χ0) is 19.0. The normalized spacial score (nSPS) is 11.1. The van der Waals surface area contributed by atoms with E-state index in [0.717, 1.165) is 34.8 Å². The second-order valence-electron chi connectivity index (χ2n) is 6.86. The summed E-state index contributed by atoms with van der Waals surface area (Å²) >= 11 is 0. The van der Waals surface area contributed by atoms with E-state index in [2.05, 4.69) is 90.1 Å². The number of nitrogens with zero attached hydrogens (tertiary/aromatic N) is 5. The lowest BCUT2D eigenvalue weighted by Gasteiger charge is -2.23. The highest BCUT2D eigenvalue weighted by Crippen LogP contribution is 2.31. The van der Waals surface area contributed by atoms with Gasteiger partial charge in [-0.1, -0.05) is 29.8 Å². The van der Waals surface area contributed by atoms with Crippen LogP contribution in [0.15, 0.2) is 55.0 Å². The molecule has 0 saturated heterocycles. The Kier molecular flexibility index (Phi) is 4.36. The van der Waals surface area contributed by atoms with Gasteiger partial charge in [-0.3, -0.25) is 0 Å². The maximum Gasteiger partial charge on any atom is 0.168 e. The van der Waals surface area contributed by atoms with E-state index in [1.54, 1.807) is 6.33 Å². The van der Waals surface area contributed by atoms with E-state index in [9.17, 15) is 0 Å². The fourth-order valence-electron chi connectivity index (χ4n) is 3.52. The molecule has 0 amide bonds. The summed E-state index contributed by atoms with van der Waals surface area (Å²) < 4.78 is 1.90. The van der Waals surface area contributed by atoms with Crippen LogP contribution >= 0.6 is 0 Å². The maximum atomic E-state index is 4.63. The van der Waals surface area contributed by atoms with Crippen molar-refractivity contribution in [3.8, 4) is 5.69 Å². The van der Waals surface area contributed by atoms with E-state index < -0.39 is 0 Å². The lowest BCUT2D eigenvalue weighted by atomic mass is 10.1. The molecule has 0 unspecified atom stereocenters. The highest BCUT2D eigenvalue weighted by Gasteiger charge is 2.17. The van der Waals surface area contributed by atoms with Gasteiger partial charge in [-0.15, -0.1) is 0 Å². The van der Waals surface area contributed by atoms with Crippen molar-refractivity contribution in [2.24, 2.45) is 0 Å². The van der Waals surface area contributed by atoms with Gasteiger partial charge in [-0.2, -0.15) is 5.10 Å². The highest BCUT2D eigenvalue weighted by atomic mass is 15.3. The third kappa shape index (κ3) is 3.05. The first-order chi connectivity index (χ1) is 13.1. The molecule has 0 N–H and O–H groups in total. The van der Waals surface area contributed by atoms with Crippen LogP contribution in [-0.4, -0.2) is 26.3 Å². The van der Waals surface area contributed by atoms with E-state index in [1.807, 2.05) is 10.9 Å². The molecule has 27 heavy (non-hydrogen) atoms. The minimum atomic E-state index is 0.810.